The molecule has 3 N–H and O–H groups in total. The average Bonchev–Trinajstić information content (AvgIpc) is 2.66. The van der Waals surface area contributed by atoms with Crippen molar-refractivity contribution in [2.45, 2.75) is 12.5 Å². The summed E-state index contributed by atoms with van der Waals surface area (Å²) in [4.78, 5) is 19.6. The second-order valence-electron chi connectivity index (χ2n) is 4.26. The fraction of sp³-hybridized carbons (Fsp3) is 0.154. The van der Waals surface area contributed by atoms with Crippen LogP contribution in [0.25, 0.3) is 0 Å². The Hall–Kier alpha value is -2.27. The Morgan fingerprint density at radius 2 is 2.22 bits per heavy atom. The second kappa shape index (κ2) is 4.19. The summed E-state index contributed by atoms with van der Waals surface area (Å²) >= 11 is 0. The molecule has 0 fully saturated rings. The molecular formula is C13H12N4O. The third kappa shape index (κ3) is 1.84. The highest BCUT2D eigenvalue weighted by molar-refractivity contribution is 6.01. The van der Waals surface area contributed by atoms with Crippen LogP contribution in [-0.4, -0.2) is 15.8 Å². The Morgan fingerprint density at radius 1 is 1.33 bits per heavy atom. The van der Waals surface area contributed by atoms with Crippen molar-refractivity contribution in [3.05, 3.63) is 47.9 Å². The average molecular weight is 240 g/mol. The minimum Gasteiger partial charge on any atom is -0.340 e. The highest BCUT2D eigenvalue weighted by Crippen LogP contribution is 2.31. The number of anilines is 2. The van der Waals surface area contributed by atoms with Crippen LogP contribution in [0.1, 0.15) is 28.4 Å². The smallest absolute Gasteiger partial charge is 0.165 e. The number of aromatic nitrogens is 2. The number of rotatable bonds is 2. The molecule has 1 aromatic heterocycles. The van der Waals surface area contributed by atoms with E-state index < -0.39 is 0 Å². The first-order valence-corrected chi connectivity index (χ1v) is 5.70. The van der Waals surface area contributed by atoms with Crippen LogP contribution in [0.3, 0.4) is 0 Å². The standard InChI is InChI=1S/C13H12N4O/c14-11-6-12(18)9-2-1-8(5-10(9)11)17-13-3-4-15-7-16-13/h1-5,7,11H,6,14H2,(H,15,16,17). The van der Waals surface area contributed by atoms with E-state index >= 15 is 0 Å². The van der Waals surface area contributed by atoms with E-state index in [0.717, 1.165) is 16.8 Å². The largest absolute Gasteiger partial charge is 0.340 e. The van der Waals surface area contributed by atoms with Crippen LogP contribution in [-0.2, 0) is 0 Å². The van der Waals surface area contributed by atoms with Gasteiger partial charge >= 0.3 is 0 Å². The molecule has 0 aliphatic heterocycles. The van der Waals surface area contributed by atoms with Crippen molar-refractivity contribution in [2.24, 2.45) is 5.73 Å². The lowest BCUT2D eigenvalue weighted by Crippen LogP contribution is -2.06. The molecule has 1 unspecified atom stereocenters. The van der Waals surface area contributed by atoms with Crippen LogP contribution in [0.5, 0.6) is 0 Å². The third-order valence-corrected chi connectivity index (χ3v) is 3.01. The van der Waals surface area contributed by atoms with Gasteiger partial charge in [0.05, 0.1) is 0 Å². The van der Waals surface area contributed by atoms with Crippen molar-refractivity contribution < 1.29 is 4.79 Å². The predicted molar refractivity (Wildman–Crippen MR) is 67.6 cm³/mol. The Kier molecular flexibility index (Phi) is 2.53. The van der Waals surface area contributed by atoms with Gasteiger partial charge in [-0.3, -0.25) is 4.79 Å². The van der Waals surface area contributed by atoms with Crippen molar-refractivity contribution in [1.29, 1.82) is 0 Å². The predicted octanol–water partition coefficient (Wildman–Crippen LogP) is 1.81. The molecule has 1 heterocycles. The lowest BCUT2D eigenvalue weighted by Gasteiger charge is -2.08. The van der Waals surface area contributed by atoms with E-state index in [9.17, 15) is 4.79 Å². The molecule has 5 nitrogen and oxygen atoms in total. The number of nitrogens with one attached hydrogen (secondary N) is 1. The molecule has 0 spiro atoms. The molecule has 0 bridgehead atoms. The number of nitrogens with two attached hydrogens (primary N) is 1. The van der Waals surface area contributed by atoms with Crippen molar-refractivity contribution in [3.63, 3.8) is 0 Å². The van der Waals surface area contributed by atoms with Crippen molar-refractivity contribution in [3.8, 4) is 0 Å². The molecule has 1 aromatic carbocycles. The number of carbonyl (C=O) groups is 1. The molecule has 1 atom stereocenters. The normalized spacial score (nSPS) is 17.6. The van der Waals surface area contributed by atoms with Crippen LogP contribution in [0.15, 0.2) is 36.8 Å². The minimum absolute atomic E-state index is 0.117. The van der Waals surface area contributed by atoms with Gasteiger partial charge in [0, 0.05) is 29.9 Å². The molecule has 18 heavy (non-hydrogen) atoms. The lowest BCUT2D eigenvalue weighted by atomic mass is 10.1. The molecule has 0 saturated heterocycles. The van der Waals surface area contributed by atoms with Gasteiger partial charge in [-0.15, -0.1) is 0 Å². The van der Waals surface area contributed by atoms with Crippen LogP contribution < -0.4 is 11.1 Å². The third-order valence-electron chi connectivity index (χ3n) is 3.01. The second-order valence-corrected chi connectivity index (χ2v) is 4.26. The summed E-state index contributed by atoms with van der Waals surface area (Å²) in [5.74, 6) is 0.828. The summed E-state index contributed by atoms with van der Waals surface area (Å²) in [6, 6.07) is 7.16. The number of hydrogen-bond acceptors (Lipinski definition) is 5. The SMILES string of the molecule is NC1CC(=O)c2ccc(Nc3ccncn3)cc21. The van der Waals surface area contributed by atoms with Gasteiger partial charge in [0.1, 0.15) is 12.1 Å². The summed E-state index contributed by atoms with van der Waals surface area (Å²) in [5, 5.41) is 3.15. The molecule has 1 aliphatic carbocycles. The van der Waals surface area contributed by atoms with E-state index in [4.69, 9.17) is 5.73 Å². The summed E-state index contributed by atoms with van der Waals surface area (Å²) < 4.78 is 0. The summed E-state index contributed by atoms with van der Waals surface area (Å²) in [7, 11) is 0. The molecule has 90 valence electrons. The van der Waals surface area contributed by atoms with Gasteiger partial charge in [0.2, 0.25) is 0 Å². The molecule has 1 aliphatic rings. The van der Waals surface area contributed by atoms with Gasteiger partial charge in [0.25, 0.3) is 0 Å². The van der Waals surface area contributed by atoms with E-state index in [0.29, 0.717) is 12.2 Å². The highest BCUT2D eigenvalue weighted by Gasteiger charge is 2.26. The van der Waals surface area contributed by atoms with Crippen LogP contribution in [0, 0.1) is 0 Å². The zero-order valence-corrected chi connectivity index (χ0v) is 9.63. The summed E-state index contributed by atoms with van der Waals surface area (Å²) in [6.45, 7) is 0. The number of hydrogen-bond donors (Lipinski definition) is 2. The number of fused-ring (bicyclic) bond motifs is 1. The molecule has 2 aromatic rings. The Morgan fingerprint density at radius 3 is 3.00 bits per heavy atom. The fourth-order valence-corrected chi connectivity index (χ4v) is 2.13. The maximum Gasteiger partial charge on any atom is 0.165 e. The Balaban J connectivity index is 1.92. The summed E-state index contributed by atoms with van der Waals surface area (Å²) in [6.07, 6.45) is 3.54. The molecule has 0 radical (unpaired) electrons. The quantitative estimate of drug-likeness (QED) is 0.836. The number of Topliss-reactive ketones (excluding diaryl/α,β-unsaturated/α-hetero) is 1. The first kappa shape index (κ1) is 10.9. The van der Waals surface area contributed by atoms with Crippen molar-refractivity contribution >= 4 is 17.3 Å². The van der Waals surface area contributed by atoms with Gasteiger partial charge < -0.3 is 11.1 Å². The minimum atomic E-state index is -0.195. The van der Waals surface area contributed by atoms with E-state index in [2.05, 4.69) is 15.3 Å². The van der Waals surface area contributed by atoms with Gasteiger partial charge in [-0.25, -0.2) is 9.97 Å². The van der Waals surface area contributed by atoms with Crippen LogP contribution >= 0.6 is 0 Å². The zero-order chi connectivity index (χ0) is 12.5. The van der Waals surface area contributed by atoms with Crippen LogP contribution in [0.4, 0.5) is 11.5 Å². The molecule has 3 rings (SSSR count). The number of nitrogens with zero attached hydrogens (tertiary/aromatic N) is 2. The first-order chi connectivity index (χ1) is 8.74. The topological polar surface area (TPSA) is 80.9 Å². The summed E-state index contributed by atoms with van der Waals surface area (Å²) in [5.41, 5.74) is 8.43. The Labute approximate surface area is 104 Å². The Bertz CT molecular complexity index is 597. The van der Waals surface area contributed by atoms with Crippen molar-refractivity contribution in [1.82, 2.24) is 9.97 Å². The maximum atomic E-state index is 11.6. The van der Waals surface area contributed by atoms with Gasteiger partial charge in [0.15, 0.2) is 5.78 Å². The molecule has 5 heteroatoms. The van der Waals surface area contributed by atoms with Gasteiger partial charge in [-0.1, -0.05) is 0 Å². The lowest BCUT2D eigenvalue weighted by molar-refractivity contribution is 0.0989. The highest BCUT2D eigenvalue weighted by atomic mass is 16.1. The monoisotopic (exact) mass is 240 g/mol. The maximum absolute atomic E-state index is 11.6. The molecule has 0 amide bonds. The van der Waals surface area contributed by atoms with E-state index in [1.807, 2.05) is 18.2 Å². The fourth-order valence-electron chi connectivity index (χ4n) is 2.13. The van der Waals surface area contributed by atoms with Crippen molar-refractivity contribution in [2.75, 3.05) is 5.32 Å². The number of ketones is 1. The number of benzene rings is 1. The molecule has 0 saturated carbocycles. The first-order valence-electron chi connectivity index (χ1n) is 5.70. The van der Waals surface area contributed by atoms with Crippen LogP contribution in [0.2, 0.25) is 0 Å². The van der Waals surface area contributed by atoms with E-state index in [1.165, 1.54) is 6.33 Å². The zero-order valence-electron chi connectivity index (χ0n) is 9.63. The van der Waals surface area contributed by atoms with Gasteiger partial charge in [-0.05, 0) is 29.8 Å². The van der Waals surface area contributed by atoms with E-state index in [-0.39, 0.29) is 11.8 Å². The van der Waals surface area contributed by atoms with Gasteiger partial charge in [-0.2, -0.15) is 0 Å². The van der Waals surface area contributed by atoms with E-state index in [1.54, 1.807) is 12.3 Å². The number of carbonyl (C=O) groups excluding carboxylic acids is 1. The molecular weight excluding hydrogens is 228 g/mol.